The summed E-state index contributed by atoms with van der Waals surface area (Å²) in [5.41, 5.74) is 3.07. The fraction of sp³-hybridized carbons (Fsp3) is 0.333. The van der Waals surface area contributed by atoms with Gasteiger partial charge in [0.05, 0.1) is 28.6 Å². The van der Waals surface area contributed by atoms with Gasteiger partial charge >= 0.3 is 0 Å². The van der Waals surface area contributed by atoms with E-state index in [1.807, 2.05) is 31.3 Å². The van der Waals surface area contributed by atoms with Crippen LogP contribution in [0.1, 0.15) is 17.1 Å². The number of benzene rings is 1. The number of anilines is 2. The van der Waals surface area contributed by atoms with E-state index in [2.05, 4.69) is 44.4 Å². The molecule has 0 atom stereocenters. The molecule has 0 radical (unpaired) electrons. The molecular weight excluding hydrogens is 451 g/mol. The van der Waals surface area contributed by atoms with Crippen LogP contribution in [0.15, 0.2) is 47.6 Å². The van der Waals surface area contributed by atoms with Gasteiger partial charge in [0.2, 0.25) is 0 Å². The fourth-order valence-corrected chi connectivity index (χ4v) is 4.62. The number of halogens is 1. The zero-order valence-electron chi connectivity index (χ0n) is 19.5. The van der Waals surface area contributed by atoms with E-state index in [0.29, 0.717) is 5.69 Å². The molecule has 10 heteroatoms. The molecule has 0 unspecified atom stereocenters. The van der Waals surface area contributed by atoms with Gasteiger partial charge in [0, 0.05) is 32.8 Å². The van der Waals surface area contributed by atoms with E-state index in [9.17, 15) is 4.39 Å². The molecular formula is C24H29FN8S. The van der Waals surface area contributed by atoms with Crippen LogP contribution in [-0.2, 0) is 20.0 Å². The third-order valence-electron chi connectivity index (χ3n) is 5.51. The van der Waals surface area contributed by atoms with Crippen molar-refractivity contribution in [2.24, 2.45) is 12.0 Å². The largest absolute Gasteiger partial charge is 0.383 e. The van der Waals surface area contributed by atoms with Crippen molar-refractivity contribution < 1.29 is 4.39 Å². The van der Waals surface area contributed by atoms with Gasteiger partial charge in [-0.25, -0.2) is 14.1 Å². The quantitative estimate of drug-likeness (QED) is 0.230. The Labute approximate surface area is 202 Å². The monoisotopic (exact) mass is 480 g/mol. The highest BCUT2D eigenvalue weighted by Crippen LogP contribution is 2.28. The minimum atomic E-state index is -0.327. The molecule has 3 aromatic heterocycles. The average Bonchev–Trinajstić information content (AvgIpc) is 3.36. The number of nitrogens with zero attached hydrogens (tertiary/aromatic N) is 6. The standard InChI is InChI=1S/C24H29FN8S/c1-26-18-9-4-5-10-19(18)27-13-7-14-32(2)15-11-21-30-22-23(33(3)31-24(22)34-21)29-16-20-17(25)8-6-12-28-20/h4-6,8-10,12,27,29H,1,7,11,13-16H2,2-3H3. The molecule has 3 heterocycles. The predicted octanol–water partition coefficient (Wildman–Crippen LogP) is 4.48. The first-order valence-corrected chi connectivity index (χ1v) is 12.0. The summed E-state index contributed by atoms with van der Waals surface area (Å²) in [6.07, 6.45) is 3.46. The number of thiazole rings is 1. The topological polar surface area (TPSA) is 83.3 Å². The molecule has 4 rings (SSSR count). The van der Waals surface area contributed by atoms with Crippen molar-refractivity contribution in [2.45, 2.75) is 19.4 Å². The molecule has 178 valence electrons. The van der Waals surface area contributed by atoms with E-state index < -0.39 is 0 Å². The third kappa shape index (κ3) is 5.75. The zero-order valence-corrected chi connectivity index (χ0v) is 20.3. The smallest absolute Gasteiger partial charge is 0.167 e. The highest BCUT2D eigenvalue weighted by atomic mass is 32.1. The van der Waals surface area contributed by atoms with E-state index >= 15 is 0 Å². The molecule has 34 heavy (non-hydrogen) atoms. The van der Waals surface area contributed by atoms with Crippen molar-refractivity contribution in [3.05, 3.63) is 59.1 Å². The Kier molecular flexibility index (Phi) is 7.81. The minimum absolute atomic E-state index is 0.276. The normalized spacial score (nSPS) is 11.3. The van der Waals surface area contributed by atoms with E-state index in [4.69, 9.17) is 4.98 Å². The molecule has 0 saturated heterocycles. The Morgan fingerprint density at radius 3 is 2.85 bits per heavy atom. The summed E-state index contributed by atoms with van der Waals surface area (Å²) in [6.45, 7) is 6.65. The number of aliphatic imine (C=N–C) groups is 1. The van der Waals surface area contributed by atoms with Crippen LogP contribution < -0.4 is 10.6 Å². The number of hydrogen-bond acceptors (Lipinski definition) is 8. The summed E-state index contributed by atoms with van der Waals surface area (Å²) in [6, 6.07) is 10.9. The lowest BCUT2D eigenvalue weighted by Gasteiger charge is -2.16. The highest BCUT2D eigenvalue weighted by Gasteiger charge is 2.16. The SMILES string of the molecule is C=Nc1ccccc1NCCCN(C)CCc1nc2c(NCc3ncccc3F)n(C)nc2s1. The summed E-state index contributed by atoms with van der Waals surface area (Å²) >= 11 is 1.60. The Morgan fingerprint density at radius 1 is 1.18 bits per heavy atom. The van der Waals surface area contributed by atoms with Gasteiger partial charge in [-0.2, -0.15) is 5.10 Å². The molecule has 0 aliphatic heterocycles. The van der Waals surface area contributed by atoms with Crippen LogP contribution in [0.4, 0.5) is 21.6 Å². The van der Waals surface area contributed by atoms with Gasteiger partial charge in [0.1, 0.15) is 11.3 Å². The average molecular weight is 481 g/mol. The second-order valence-corrected chi connectivity index (χ2v) is 9.09. The maximum absolute atomic E-state index is 13.9. The van der Waals surface area contributed by atoms with Gasteiger partial charge in [-0.15, -0.1) is 0 Å². The number of likely N-dealkylation sites (N-methyl/N-ethyl adjacent to an activating group) is 1. The first-order chi connectivity index (χ1) is 16.5. The predicted molar refractivity (Wildman–Crippen MR) is 138 cm³/mol. The molecule has 4 aromatic rings. The van der Waals surface area contributed by atoms with Crippen LogP contribution in [0.25, 0.3) is 10.3 Å². The van der Waals surface area contributed by atoms with Crippen molar-refractivity contribution in [1.29, 1.82) is 0 Å². The Balaban J connectivity index is 1.26. The lowest BCUT2D eigenvalue weighted by Crippen LogP contribution is -2.24. The van der Waals surface area contributed by atoms with E-state index in [1.54, 1.807) is 28.3 Å². The van der Waals surface area contributed by atoms with Crippen LogP contribution in [0.2, 0.25) is 0 Å². The van der Waals surface area contributed by atoms with E-state index in [-0.39, 0.29) is 12.4 Å². The number of fused-ring (bicyclic) bond motifs is 1. The molecule has 0 aliphatic carbocycles. The molecule has 0 spiro atoms. The second-order valence-electron chi connectivity index (χ2n) is 8.03. The van der Waals surface area contributed by atoms with Crippen LogP contribution >= 0.6 is 11.3 Å². The maximum atomic E-state index is 13.9. The third-order valence-corrected chi connectivity index (χ3v) is 6.51. The van der Waals surface area contributed by atoms with Crippen LogP contribution in [0.5, 0.6) is 0 Å². The van der Waals surface area contributed by atoms with Crippen LogP contribution in [0.3, 0.4) is 0 Å². The summed E-state index contributed by atoms with van der Waals surface area (Å²) in [4.78, 5) is 16.1. The van der Waals surface area contributed by atoms with Gasteiger partial charge < -0.3 is 15.5 Å². The lowest BCUT2D eigenvalue weighted by molar-refractivity contribution is 0.337. The first kappa shape index (κ1) is 23.8. The van der Waals surface area contributed by atoms with Crippen molar-refractivity contribution in [3.63, 3.8) is 0 Å². The molecule has 8 nitrogen and oxygen atoms in total. The summed E-state index contributed by atoms with van der Waals surface area (Å²) in [5.74, 6) is 0.448. The molecule has 0 fully saturated rings. The van der Waals surface area contributed by atoms with E-state index in [1.165, 1.54) is 6.07 Å². The van der Waals surface area contributed by atoms with Crippen LogP contribution in [-0.4, -0.2) is 58.0 Å². The van der Waals surface area contributed by atoms with Gasteiger partial charge in [0.15, 0.2) is 10.6 Å². The Bertz CT molecular complexity index is 1250. The molecule has 0 bridgehead atoms. The van der Waals surface area contributed by atoms with Crippen molar-refractivity contribution in [1.82, 2.24) is 24.6 Å². The summed E-state index contributed by atoms with van der Waals surface area (Å²) in [7, 11) is 3.98. The number of nitrogens with one attached hydrogen (secondary N) is 2. The number of pyridine rings is 1. The summed E-state index contributed by atoms with van der Waals surface area (Å²) < 4.78 is 15.6. The Hall–Kier alpha value is -3.37. The minimum Gasteiger partial charge on any atom is -0.383 e. The number of para-hydroxylation sites is 2. The maximum Gasteiger partial charge on any atom is 0.167 e. The number of hydrogen-bond donors (Lipinski definition) is 2. The second kappa shape index (κ2) is 11.2. The fourth-order valence-electron chi connectivity index (χ4n) is 3.67. The Morgan fingerprint density at radius 2 is 2.03 bits per heavy atom. The van der Waals surface area contributed by atoms with Crippen molar-refractivity contribution in [3.8, 4) is 0 Å². The number of aryl methyl sites for hydroxylation is 1. The number of rotatable bonds is 12. The molecule has 0 saturated carbocycles. The molecule has 2 N–H and O–H groups in total. The zero-order chi connectivity index (χ0) is 23.9. The van der Waals surface area contributed by atoms with Crippen molar-refractivity contribution in [2.75, 3.05) is 37.3 Å². The van der Waals surface area contributed by atoms with Gasteiger partial charge in [-0.1, -0.05) is 23.5 Å². The number of aromatic nitrogens is 4. The molecule has 0 aliphatic rings. The molecule has 0 amide bonds. The van der Waals surface area contributed by atoms with Gasteiger partial charge in [-0.3, -0.25) is 9.98 Å². The highest BCUT2D eigenvalue weighted by molar-refractivity contribution is 7.18. The first-order valence-electron chi connectivity index (χ1n) is 11.2. The lowest BCUT2D eigenvalue weighted by atomic mass is 10.2. The van der Waals surface area contributed by atoms with Gasteiger partial charge in [-0.05, 0) is 51.0 Å². The molecule has 1 aromatic carbocycles. The van der Waals surface area contributed by atoms with Gasteiger partial charge in [0.25, 0.3) is 0 Å². The van der Waals surface area contributed by atoms with Crippen LogP contribution in [0, 0.1) is 5.82 Å². The van der Waals surface area contributed by atoms with E-state index in [0.717, 1.165) is 65.0 Å². The summed E-state index contributed by atoms with van der Waals surface area (Å²) in [5, 5.41) is 12.3. The van der Waals surface area contributed by atoms with Crippen molar-refractivity contribution >= 4 is 45.6 Å².